The second-order valence-corrected chi connectivity index (χ2v) is 10.1. The van der Waals surface area contributed by atoms with Gasteiger partial charge in [0.2, 0.25) is 0 Å². The lowest BCUT2D eigenvalue weighted by atomic mass is 9.99. The SMILES string of the molecule is Cc1cc(C)cc(-n2c(C)cc(/C=N\NC(=O)c3ccc(CN4CCc5ccccc5C4)cc3)c2C)c1. The lowest BCUT2D eigenvalue weighted by molar-refractivity contribution is 0.0955. The van der Waals surface area contributed by atoms with Crippen LogP contribution in [0.1, 0.15) is 55.1 Å². The number of aryl methyl sites for hydroxylation is 3. The number of amides is 1. The predicted octanol–water partition coefficient (Wildman–Crippen LogP) is 6.03. The quantitative estimate of drug-likeness (QED) is 0.265. The molecule has 1 amide bonds. The first-order valence-corrected chi connectivity index (χ1v) is 12.9. The zero-order valence-electron chi connectivity index (χ0n) is 22.1. The fraction of sp³-hybridized carbons (Fsp3) is 0.250. The number of aromatic nitrogens is 1. The van der Waals surface area contributed by atoms with Gasteiger partial charge in [-0.05, 0) is 92.3 Å². The number of benzene rings is 3. The first-order valence-electron chi connectivity index (χ1n) is 12.9. The summed E-state index contributed by atoms with van der Waals surface area (Å²) < 4.78 is 2.23. The van der Waals surface area contributed by atoms with Crippen molar-refractivity contribution in [3.63, 3.8) is 0 Å². The molecule has 0 spiro atoms. The van der Waals surface area contributed by atoms with E-state index in [9.17, 15) is 4.79 Å². The van der Waals surface area contributed by atoms with Gasteiger partial charge in [0.05, 0.1) is 6.21 Å². The molecule has 0 bridgehead atoms. The zero-order chi connectivity index (χ0) is 25.9. The highest BCUT2D eigenvalue weighted by Gasteiger charge is 2.16. The Morgan fingerprint density at radius 2 is 1.62 bits per heavy atom. The van der Waals surface area contributed by atoms with E-state index in [0.717, 1.165) is 48.7 Å². The van der Waals surface area contributed by atoms with Crippen molar-refractivity contribution in [1.29, 1.82) is 0 Å². The van der Waals surface area contributed by atoms with E-state index in [2.05, 4.69) is 96.2 Å². The van der Waals surface area contributed by atoms with E-state index in [1.54, 1.807) is 6.21 Å². The number of nitrogens with one attached hydrogen (secondary N) is 1. The first-order chi connectivity index (χ1) is 17.9. The van der Waals surface area contributed by atoms with Crippen LogP contribution in [0.25, 0.3) is 5.69 Å². The van der Waals surface area contributed by atoms with Gasteiger partial charge in [0.25, 0.3) is 5.91 Å². The van der Waals surface area contributed by atoms with Gasteiger partial charge in [-0.3, -0.25) is 9.69 Å². The average Bonchev–Trinajstić information content (AvgIpc) is 3.16. The number of rotatable bonds is 6. The lowest BCUT2D eigenvalue weighted by Gasteiger charge is -2.28. The van der Waals surface area contributed by atoms with Crippen LogP contribution in [0.5, 0.6) is 0 Å². The summed E-state index contributed by atoms with van der Waals surface area (Å²) in [5.41, 5.74) is 14.2. The Balaban J connectivity index is 1.20. The third-order valence-electron chi connectivity index (χ3n) is 7.14. The third-order valence-corrected chi connectivity index (χ3v) is 7.14. The maximum absolute atomic E-state index is 12.7. The summed E-state index contributed by atoms with van der Waals surface area (Å²) in [5, 5.41) is 4.25. The summed E-state index contributed by atoms with van der Waals surface area (Å²) >= 11 is 0. The van der Waals surface area contributed by atoms with Gasteiger partial charge in [0.1, 0.15) is 0 Å². The first kappa shape index (κ1) is 24.7. The Hall–Kier alpha value is -3.96. The van der Waals surface area contributed by atoms with Gasteiger partial charge >= 0.3 is 0 Å². The number of carbonyl (C=O) groups excluding carboxylic acids is 1. The molecule has 0 saturated carbocycles. The minimum absolute atomic E-state index is 0.210. The molecule has 1 N–H and O–H groups in total. The number of hydrogen-bond acceptors (Lipinski definition) is 3. The maximum Gasteiger partial charge on any atom is 0.271 e. The van der Waals surface area contributed by atoms with Crippen molar-refractivity contribution in [2.24, 2.45) is 5.10 Å². The Morgan fingerprint density at radius 3 is 2.35 bits per heavy atom. The van der Waals surface area contributed by atoms with E-state index in [-0.39, 0.29) is 5.91 Å². The van der Waals surface area contributed by atoms with Gasteiger partial charge in [0, 0.05) is 47.8 Å². The number of hydrazone groups is 1. The van der Waals surface area contributed by atoms with Crippen LogP contribution in [0, 0.1) is 27.7 Å². The summed E-state index contributed by atoms with van der Waals surface area (Å²) in [4.78, 5) is 15.1. The summed E-state index contributed by atoms with van der Waals surface area (Å²) in [6, 6.07) is 25.1. The molecule has 37 heavy (non-hydrogen) atoms. The van der Waals surface area contributed by atoms with Crippen molar-refractivity contribution in [2.75, 3.05) is 6.54 Å². The molecule has 0 fully saturated rings. The van der Waals surface area contributed by atoms with Crippen LogP contribution in [0.15, 0.2) is 77.9 Å². The van der Waals surface area contributed by atoms with E-state index < -0.39 is 0 Å². The minimum Gasteiger partial charge on any atom is -0.318 e. The van der Waals surface area contributed by atoms with Gasteiger partial charge in [-0.25, -0.2) is 5.43 Å². The van der Waals surface area contributed by atoms with Crippen LogP contribution in [-0.2, 0) is 19.5 Å². The molecule has 3 aromatic carbocycles. The van der Waals surface area contributed by atoms with Crippen molar-refractivity contribution in [3.05, 3.63) is 123 Å². The molecule has 1 aromatic heterocycles. The highest BCUT2D eigenvalue weighted by Crippen LogP contribution is 2.22. The highest BCUT2D eigenvalue weighted by atomic mass is 16.2. The van der Waals surface area contributed by atoms with Gasteiger partial charge in [-0.1, -0.05) is 42.5 Å². The van der Waals surface area contributed by atoms with E-state index in [1.165, 1.54) is 27.8 Å². The molecule has 0 radical (unpaired) electrons. The van der Waals surface area contributed by atoms with Crippen LogP contribution in [0.4, 0.5) is 0 Å². The molecule has 0 saturated heterocycles. The van der Waals surface area contributed by atoms with Gasteiger partial charge in [-0.15, -0.1) is 0 Å². The van der Waals surface area contributed by atoms with E-state index in [4.69, 9.17) is 0 Å². The smallest absolute Gasteiger partial charge is 0.271 e. The Morgan fingerprint density at radius 1 is 0.919 bits per heavy atom. The molecule has 4 aromatic rings. The van der Waals surface area contributed by atoms with Crippen molar-refractivity contribution in [1.82, 2.24) is 14.9 Å². The monoisotopic (exact) mass is 490 g/mol. The fourth-order valence-electron chi connectivity index (χ4n) is 5.33. The largest absolute Gasteiger partial charge is 0.318 e. The number of nitrogens with zero attached hydrogens (tertiary/aromatic N) is 3. The van der Waals surface area contributed by atoms with Crippen molar-refractivity contribution in [2.45, 2.75) is 47.2 Å². The highest BCUT2D eigenvalue weighted by molar-refractivity contribution is 5.95. The Bertz CT molecular complexity index is 1440. The van der Waals surface area contributed by atoms with Crippen LogP contribution in [0.2, 0.25) is 0 Å². The van der Waals surface area contributed by atoms with Crippen LogP contribution in [0.3, 0.4) is 0 Å². The lowest BCUT2D eigenvalue weighted by Crippen LogP contribution is -2.30. The van der Waals surface area contributed by atoms with Crippen molar-refractivity contribution < 1.29 is 4.79 Å². The van der Waals surface area contributed by atoms with E-state index >= 15 is 0 Å². The standard InChI is InChI=1S/C32H34N4O/c1-22-15-23(2)17-31(16-22)36-24(3)18-30(25(36)4)19-33-34-32(37)28-11-9-26(10-12-28)20-35-14-13-27-7-5-6-8-29(27)21-35/h5-12,15-19H,13-14,20-21H2,1-4H3,(H,34,37)/b33-19-. The molecule has 188 valence electrons. The number of carbonyl (C=O) groups is 1. The number of fused-ring (bicyclic) bond motifs is 1. The van der Waals surface area contributed by atoms with Crippen molar-refractivity contribution >= 4 is 12.1 Å². The summed E-state index contributed by atoms with van der Waals surface area (Å²) in [6.45, 7) is 11.3. The van der Waals surface area contributed by atoms with Crippen LogP contribution >= 0.6 is 0 Å². The summed E-state index contributed by atoms with van der Waals surface area (Å²) in [5.74, 6) is -0.210. The summed E-state index contributed by atoms with van der Waals surface area (Å²) in [7, 11) is 0. The van der Waals surface area contributed by atoms with Crippen molar-refractivity contribution in [3.8, 4) is 5.69 Å². The zero-order valence-corrected chi connectivity index (χ0v) is 22.1. The second kappa shape index (κ2) is 10.6. The normalized spacial score (nSPS) is 13.6. The molecule has 1 aliphatic rings. The molecule has 2 heterocycles. The Labute approximate surface area is 219 Å². The van der Waals surface area contributed by atoms with Gasteiger partial charge < -0.3 is 4.57 Å². The van der Waals surface area contributed by atoms with Crippen LogP contribution < -0.4 is 5.43 Å². The molecule has 0 atom stereocenters. The maximum atomic E-state index is 12.7. The fourth-order valence-corrected chi connectivity index (χ4v) is 5.33. The molecular weight excluding hydrogens is 456 g/mol. The van der Waals surface area contributed by atoms with Gasteiger partial charge in [-0.2, -0.15) is 5.10 Å². The predicted molar refractivity (Wildman–Crippen MR) is 150 cm³/mol. The Kier molecular flexibility index (Phi) is 7.06. The van der Waals surface area contributed by atoms with E-state index in [1.807, 2.05) is 24.3 Å². The number of hydrogen-bond donors (Lipinski definition) is 1. The van der Waals surface area contributed by atoms with E-state index in [0.29, 0.717) is 5.56 Å². The molecule has 5 heteroatoms. The topological polar surface area (TPSA) is 49.6 Å². The molecule has 1 aliphatic heterocycles. The van der Waals surface area contributed by atoms with Gasteiger partial charge in [0.15, 0.2) is 0 Å². The second-order valence-electron chi connectivity index (χ2n) is 10.1. The van der Waals surface area contributed by atoms with Crippen LogP contribution in [-0.4, -0.2) is 28.1 Å². The molecule has 5 rings (SSSR count). The molecular formula is C32H34N4O. The average molecular weight is 491 g/mol. The third kappa shape index (κ3) is 5.57. The molecule has 0 aliphatic carbocycles. The summed E-state index contributed by atoms with van der Waals surface area (Å²) in [6.07, 6.45) is 2.81. The molecule has 0 unspecified atom stereocenters. The minimum atomic E-state index is -0.210. The molecule has 5 nitrogen and oxygen atoms in total.